The van der Waals surface area contributed by atoms with Crippen LogP contribution in [0.1, 0.15) is 16.1 Å². The number of anilines is 1. The quantitative estimate of drug-likeness (QED) is 0.815. The highest BCUT2D eigenvalue weighted by Gasteiger charge is 2.19. The molecule has 0 aliphatic rings. The summed E-state index contributed by atoms with van der Waals surface area (Å²) in [5, 5.41) is 0.447. The van der Waals surface area contributed by atoms with Gasteiger partial charge in [-0.1, -0.05) is 23.2 Å². The molecule has 7 heteroatoms. The van der Waals surface area contributed by atoms with Crippen molar-refractivity contribution in [3.63, 3.8) is 0 Å². The standard InChI is InChI=1S/C13H11BrCl2N2O2/c1-18(6-8-2-3-11(14)20-8)13(19)9-4-7(17)5-10(15)12(9)16/h2-5H,6,17H2,1H3. The lowest BCUT2D eigenvalue weighted by Gasteiger charge is -2.17. The van der Waals surface area contributed by atoms with Gasteiger partial charge < -0.3 is 15.1 Å². The van der Waals surface area contributed by atoms with Crippen LogP contribution in [-0.2, 0) is 6.54 Å². The molecule has 0 aliphatic heterocycles. The summed E-state index contributed by atoms with van der Waals surface area (Å²) in [4.78, 5) is 13.8. The Labute approximate surface area is 134 Å². The Morgan fingerprint density at radius 2 is 2.10 bits per heavy atom. The summed E-state index contributed by atoms with van der Waals surface area (Å²) in [6.45, 7) is 0.313. The van der Waals surface area contributed by atoms with E-state index in [1.165, 1.54) is 17.0 Å². The fraction of sp³-hybridized carbons (Fsp3) is 0.154. The number of nitrogens with zero attached hydrogens (tertiary/aromatic N) is 1. The van der Waals surface area contributed by atoms with Crippen molar-refractivity contribution in [3.05, 3.63) is 50.3 Å². The van der Waals surface area contributed by atoms with E-state index in [1.807, 2.05) is 0 Å². The maximum Gasteiger partial charge on any atom is 0.255 e. The molecule has 2 aromatic rings. The van der Waals surface area contributed by atoms with Gasteiger partial charge in [0.2, 0.25) is 0 Å². The Morgan fingerprint density at radius 1 is 1.40 bits per heavy atom. The predicted molar refractivity (Wildman–Crippen MR) is 83.1 cm³/mol. The summed E-state index contributed by atoms with van der Waals surface area (Å²) < 4.78 is 5.97. The number of nitrogens with two attached hydrogens (primary N) is 1. The van der Waals surface area contributed by atoms with E-state index in [-0.39, 0.29) is 21.5 Å². The van der Waals surface area contributed by atoms with Crippen LogP contribution in [0.15, 0.2) is 33.4 Å². The summed E-state index contributed by atoms with van der Waals surface area (Å²) in [5.74, 6) is 0.371. The summed E-state index contributed by atoms with van der Waals surface area (Å²) in [5.41, 5.74) is 6.34. The Balaban J connectivity index is 2.22. The van der Waals surface area contributed by atoms with Crippen LogP contribution in [0.2, 0.25) is 10.0 Å². The van der Waals surface area contributed by atoms with E-state index in [1.54, 1.807) is 19.2 Å². The van der Waals surface area contributed by atoms with Gasteiger partial charge >= 0.3 is 0 Å². The Hall–Kier alpha value is -1.17. The zero-order chi connectivity index (χ0) is 14.9. The largest absolute Gasteiger partial charge is 0.452 e. The molecule has 106 valence electrons. The molecule has 0 bridgehead atoms. The molecule has 1 aromatic heterocycles. The fourth-order valence-electron chi connectivity index (χ4n) is 1.71. The van der Waals surface area contributed by atoms with Gasteiger partial charge in [-0.15, -0.1) is 0 Å². The minimum atomic E-state index is -0.281. The maximum atomic E-state index is 12.4. The molecule has 20 heavy (non-hydrogen) atoms. The van der Waals surface area contributed by atoms with E-state index in [9.17, 15) is 4.79 Å². The predicted octanol–water partition coefficient (Wildman–Crippen LogP) is 4.20. The van der Waals surface area contributed by atoms with Crippen LogP contribution in [0.3, 0.4) is 0 Å². The molecular formula is C13H11BrCl2N2O2. The molecule has 2 N–H and O–H groups in total. The second-order valence-corrected chi connectivity index (χ2v) is 5.80. The van der Waals surface area contributed by atoms with E-state index in [4.69, 9.17) is 33.4 Å². The zero-order valence-electron chi connectivity index (χ0n) is 10.5. The van der Waals surface area contributed by atoms with Crippen molar-refractivity contribution in [2.45, 2.75) is 6.54 Å². The number of carbonyl (C=O) groups is 1. The van der Waals surface area contributed by atoms with Crippen molar-refractivity contribution in [2.75, 3.05) is 12.8 Å². The lowest BCUT2D eigenvalue weighted by Crippen LogP contribution is -2.26. The van der Waals surface area contributed by atoms with Crippen LogP contribution in [0.5, 0.6) is 0 Å². The minimum Gasteiger partial charge on any atom is -0.452 e. The number of amides is 1. The normalized spacial score (nSPS) is 10.6. The number of halogens is 3. The van der Waals surface area contributed by atoms with Gasteiger partial charge in [0.25, 0.3) is 5.91 Å². The molecule has 0 radical (unpaired) electrons. The summed E-state index contributed by atoms with van der Waals surface area (Å²) in [6.07, 6.45) is 0. The highest BCUT2D eigenvalue weighted by Crippen LogP contribution is 2.29. The molecule has 0 fully saturated rings. The number of rotatable bonds is 3. The molecule has 0 atom stereocenters. The first-order valence-electron chi connectivity index (χ1n) is 5.62. The molecule has 1 aromatic carbocycles. The van der Waals surface area contributed by atoms with Gasteiger partial charge in [-0.3, -0.25) is 4.79 Å². The summed E-state index contributed by atoms with van der Waals surface area (Å²) in [6, 6.07) is 6.55. The lowest BCUT2D eigenvalue weighted by molar-refractivity contribution is 0.0775. The second kappa shape index (κ2) is 6.08. The highest BCUT2D eigenvalue weighted by molar-refractivity contribution is 9.10. The van der Waals surface area contributed by atoms with Gasteiger partial charge in [-0.25, -0.2) is 0 Å². The van der Waals surface area contributed by atoms with E-state index in [0.717, 1.165) is 0 Å². The van der Waals surface area contributed by atoms with Crippen LogP contribution in [0, 0.1) is 0 Å². The lowest BCUT2D eigenvalue weighted by atomic mass is 10.1. The van der Waals surface area contributed by atoms with Gasteiger partial charge in [0.05, 0.1) is 22.2 Å². The van der Waals surface area contributed by atoms with Crippen LogP contribution in [-0.4, -0.2) is 17.9 Å². The second-order valence-electron chi connectivity index (χ2n) is 4.23. The molecule has 0 aliphatic carbocycles. The first kappa shape index (κ1) is 15.2. The highest BCUT2D eigenvalue weighted by atomic mass is 79.9. The molecule has 0 spiro atoms. The Bertz CT molecular complexity index is 658. The van der Waals surface area contributed by atoms with E-state index in [2.05, 4.69) is 15.9 Å². The van der Waals surface area contributed by atoms with Gasteiger partial charge in [0, 0.05) is 12.7 Å². The first-order chi connectivity index (χ1) is 9.38. The molecule has 4 nitrogen and oxygen atoms in total. The van der Waals surface area contributed by atoms with Crippen molar-refractivity contribution in [2.24, 2.45) is 0 Å². The summed E-state index contributed by atoms with van der Waals surface area (Å²) in [7, 11) is 1.65. The van der Waals surface area contributed by atoms with Crippen LogP contribution < -0.4 is 5.73 Å². The van der Waals surface area contributed by atoms with E-state index >= 15 is 0 Å². The first-order valence-corrected chi connectivity index (χ1v) is 7.17. The van der Waals surface area contributed by atoms with Crippen molar-refractivity contribution in [1.29, 1.82) is 0 Å². The van der Waals surface area contributed by atoms with Crippen LogP contribution >= 0.6 is 39.1 Å². The molecule has 0 saturated carbocycles. The number of carbonyl (C=O) groups excluding carboxylic acids is 1. The van der Waals surface area contributed by atoms with Gasteiger partial charge in [0.1, 0.15) is 5.76 Å². The van der Waals surface area contributed by atoms with Gasteiger partial charge in [0.15, 0.2) is 4.67 Å². The fourth-order valence-corrected chi connectivity index (χ4v) is 2.47. The van der Waals surface area contributed by atoms with Crippen molar-refractivity contribution < 1.29 is 9.21 Å². The third-order valence-electron chi connectivity index (χ3n) is 2.65. The molecular weight excluding hydrogens is 367 g/mol. The Morgan fingerprint density at radius 3 is 2.70 bits per heavy atom. The van der Waals surface area contributed by atoms with Gasteiger partial charge in [-0.05, 0) is 40.2 Å². The van der Waals surface area contributed by atoms with E-state index < -0.39 is 0 Å². The molecule has 1 heterocycles. The van der Waals surface area contributed by atoms with Gasteiger partial charge in [-0.2, -0.15) is 0 Å². The number of nitrogen functional groups attached to an aromatic ring is 1. The van der Waals surface area contributed by atoms with Crippen LogP contribution in [0.4, 0.5) is 5.69 Å². The molecule has 0 unspecified atom stereocenters. The monoisotopic (exact) mass is 376 g/mol. The third-order valence-corrected chi connectivity index (χ3v) is 3.88. The van der Waals surface area contributed by atoms with Crippen molar-refractivity contribution in [3.8, 4) is 0 Å². The van der Waals surface area contributed by atoms with E-state index in [0.29, 0.717) is 22.7 Å². The maximum absolute atomic E-state index is 12.4. The smallest absolute Gasteiger partial charge is 0.255 e. The Kier molecular flexibility index (Phi) is 4.62. The molecule has 1 amide bonds. The van der Waals surface area contributed by atoms with Crippen molar-refractivity contribution in [1.82, 2.24) is 4.90 Å². The molecule has 2 rings (SSSR count). The number of furan rings is 1. The van der Waals surface area contributed by atoms with Crippen LogP contribution in [0.25, 0.3) is 0 Å². The topological polar surface area (TPSA) is 59.5 Å². The number of benzene rings is 1. The average Bonchev–Trinajstić information content (AvgIpc) is 2.78. The number of hydrogen-bond donors (Lipinski definition) is 1. The molecule has 0 saturated heterocycles. The SMILES string of the molecule is CN(Cc1ccc(Br)o1)C(=O)c1cc(N)cc(Cl)c1Cl. The summed E-state index contributed by atoms with van der Waals surface area (Å²) >= 11 is 15.2. The number of hydrogen-bond acceptors (Lipinski definition) is 3. The minimum absolute atomic E-state index is 0.193. The zero-order valence-corrected chi connectivity index (χ0v) is 13.6. The third kappa shape index (κ3) is 3.29. The van der Waals surface area contributed by atoms with Crippen molar-refractivity contribution >= 4 is 50.7 Å². The average molecular weight is 378 g/mol.